The van der Waals surface area contributed by atoms with E-state index in [9.17, 15) is 20.1 Å². The standard InChI is InChI=1S/C48H74O6/c1-8-9-10-11-20-45-28-35-16-17-36-29-48(52)32(2)46(39(54-48)27-34-14-12-33(13-15-34)19-26-53-7)21-18-37(44(35,6)47(36,46)31-49)43(45,5)25-24-41(3)22-23-42(4,40(50)51)30-38(41)45/h12-15,32,35-39,49,52H,8-11,16-31H2,1-7H3,(H,50,51). The van der Waals surface area contributed by atoms with Crippen LogP contribution < -0.4 is 0 Å². The van der Waals surface area contributed by atoms with Crippen molar-refractivity contribution in [2.24, 2.45) is 67.5 Å². The van der Waals surface area contributed by atoms with Crippen LogP contribution in [0.25, 0.3) is 0 Å². The normalized spacial score (nSPS) is 50.2. The van der Waals surface area contributed by atoms with Crippen LogP contribution in [0.5, 0.6) is 0 Å². The second-order valence-corrected chi connectivity index (χ2v) is 21.5. The maximum Gasteiger partial charge on any atom is 0.309 e. The SMILES string of the molecule is CCCCCCC12CC3CCC4CC5(O)OC(Cc6ccc(CCOC)cc6)C6(CCC(C1(C)CCC1(C)CCC(C)(C(=O)O)CC12)C3(C)C46CO)C5C. The Morgan fingerprint density at radius 3 is 2.26 bits per heavy atom. The van der Waals surface area contributed by atoms with E-state index in [2.05, 4.69) is 65.8 Å². The highest BCUT2D eigenvalue weighted by molar-refractivity contribution is 5.74. The van der Waals surface area contributed by atoms with Crippen LogP contribution >= 0.6 is 0 Å². The quantitative estimate of drug-likeness (QED) is 0.184. The molecule has 7 aliphatic rings. The van der Waals surface area contributed by atoms with E-state index in [1.165, 1.54) is 56.1 Å². The van der Waals surface area contributed by atoms with Crippen molar-refractivity contribution in [3.05, 3.63) is 35.4 Å². The molecule has 2 bridgehead atoms. The Morgan fingerprint density at radius 1 is 0.870 bits per heavy atom. The van der Waals surface area contributed by atoms with Gasteiger partial charge in [-0.05, 0) is 147 Å². The molecule has 1 aromatic rings. The summed E-state index contributed by atoms with van der Waals surface area (Å²) in [5.41, 5.74) is 1.39. The summed E-state index contributed by atoms with van der Waals surface area (Å²) in [6.07, 6.45) is 18.7. The number of carboxylic acids is 1. The minimum absolute atomic E-state index is 0.0566. The van der Waals surface area contributed by atoms with Gasteiger partial charge in [0.15, 0.2) is 5.79 Å². The average molecular weight is 747 g/mol. The molecule has 0 radical (unpaired) electrons. The number of hydrogen-bond donors (Lipinski definition) is 3. The predicted octanol–water partition coefficient (Wildman–Crippen LogP) is 10.0. The van der Waals surface area contributed by atoms with Gasteiger partial charge < -0.3 is 24.8 Å². The number of unbranched alkanes of at least 4 members (excludes halogenated alkanes) is 3. The molecule has 14 unspecified atom stereocenters. The van der Waals surface area contributed by atoms with Crippen LogP contribution in [-0.2, 0) is 27.1 Å². The average Bonchev–Trinajstić information content (AvgIpc) is 3.27. The zero-order valence-corrected chi connectivity index (χ0v) is 35.0. The molecule has 54 heavy (non-hydrogen) atoms. The topological polar surface area (TPSA) is 96.2 Å². The second-order valence-electron chi connectivity index (χ2n) is 21.5. The van der Waals surface area contributed by atoms with Gasteiger partial charge in [0.1, 0.15) is 0 Å². The lowest BCUT2D eigenvalue weighted by Gasteiger charge is -2.82. The van der Waals surface area contributed by atoms with Crippen molar-refractivity contribution < 1.29 is 29.6 Å². The third-order valence-corrected chi connectivity index (χ3v) is 20.1. The van der Waals surface area contributed by atoms with Gasteiger partial charge in [0.25, 0.3) is 0 Å². The van der Waals surface area contributed by atoms with Crippen LogP contribution in [0.15, 0.2) is 24.3 Å². The number of ether oxygens (including phenoxy) is 2. The summed E-state index contributed by atoms with van der Waals surface area (Å²) in [5, 5.41) is 35.6. The molecular formula is C48H74O6. The Morgan fingerprint density at radius 2 is 1.57 bits per heavy atom. The number of methoxy groups -OCH3 is 1. The molecule has 0 aromatic heterocycles. The summed E-state index contributed by atoms with van der Waals surface area (Å²) in [7, 11) is 1.75. The minimum Gasteiger partial charge on any atom is -0.481 e. The van der Waals surface area contributed by atoms with Gasteiger partial charge in [0.2, 0.25) is 0 Å². The van der Waals surface area contributed by atoms with Gasteiger partial charge in [0.05, 0.1) is 24.7 Å². The van der Waals surface area contributed by atoms with Crippen LogP contribution in [-0.4, -0.2) is 53.5 Å². The summed E-state index contributed by atoms with van der Waals surface area (Å²) in [5.74, 6) is -0.311. The summed E-state index contributed by atoms with van der Waals surface area (Å²) >= 11 is 0. The monoisotopic (exact) mass is 747 g/mol. The Bertz CT molecular complexity index is 1580. The Labute approximate surface area is 326 Å². The fraction of sp³-hybridized carbons (Fsp3) is 0.854. The maximum absolute atomic E-state index is 13.0. The molecule has 8 rings (SSSR count). The van der Waals surface area contributed by atoms with Crippen molar-refractivity contribution in [2.45, 2.75) is 169 Å². The molecule has 6 nitrogen and oxygen atoms in total. The van der Waals surface area contributed by atoms with Crippen LogP contribution in [0.1, 0.15) is 155 Å². The molecule has 1 aromatic carbocycles. The van der Waals surface area contributed by atoms with E-state index in [0.29, 0.717) is 30.8 Å². The highest BCUT2D eigenvalue weighted by atomic mass is 16.6. The lowest BCUT2D eigenvalue weighted by atomic mass is 9.22. The van der Waals surface area contributed by atoms with Gasteiger partial charge in [0, 0.05) is 30.3 Å². The number of aliphatic carboxylic acids is 1. The third kappa shape index (κ3) is 4.93. The van der Waals surface area contributed by atoms with Crippen molar-refractivity contribution in [3.8, 4) is 0 Å². The molecule has 3 N–H and O–H groups in total. The van der Waals surface area contributed by atoms with Crippen LogP contribution in [0, 0.1) is 67.5 Å². The van der Waals surface area contributed by atoms with Gasteiger partial charge >= 0.3 is 5.97 Å². The van der Waals surface area contributed by atoms with E-state index in [1.807, 2.05) is 0 Å². The summed E-state index contributed by atoms with van der Waals surface area (Å²) < 4.78 is 12.4. The first-order chi connectivity index (χ1) is 25.6. The number of fused-ring (bicyclic) bond motifs is 5. The van der Waals surface area contributed by atoms with Crippen molar-refractivity contribution in [2.75, 3.05) is 20.3 Å². The highest BCUT2D eigenvalue weighted by Crippen LogP contribution is 2.87. The molecule has 6 saturated carbocycles. The lowest BCUT2D eigenvalue weighted by Crippen LogP contribution is -2.79. The molecule has 1 saturated heterocycles. The first-order valence-corrected chi connectivity index (χ1v) is 22.4. The molecule has 6 aliphatic carbocycles. The molecular weight excluding hydrogens is 673 g/mol. The number of aliphatic hydroxyl groups is 2. The molecule has 0 amide bonds. The van der Waals surface area contributed by atoms with E-state index in [0.717, 1.165) is 64.2 Å². The first-order valence-electron chi connectivity index (χ1n) is 22.4. The van der Waals surface area contributed by atoms with Gasteiger partial charge in [-0.25, -0.2) is 0 Å². The fourth-order valence-corrected chi connectivity index (χ4v) is 17.3. The summed E-state index contributed by atoms with van der Waals surface area (Å²) in [6, 6.07) is 8.96. The molecule has 1 aliphatic heterocycles. The number of benzene rings is 1. The number of hydrogen-bond acceptors (Lipinski definition) is 5. The van der Waals surface area contributed by atoms with Crippen LogP contribution in [0.4, 0.5) is 0 Å². The molecule has 14 atom stereocenters. The smallest absolute Gasteiger partial charge is 0.309 e. The van der Waals surface area contributed by atoms with Gasteiger partial charge in [-0.2, -0.15) is 0 Å². The fourth-order valence-electron chi connectivity index (χ4n) is 17.3. The first kappa shape index (κ1) is 39.4. The van der Waals surface area contributed by atoms with Gasteiger partial charge in [-0.1, -0.05) is 84.6 Å². The zero-order valence-electron chi connectivity index (χ0n) is 35.0. The molecule has 302 valence electrons. The van der Waals surface area contributed by atoms with Gasteiger partial charge in [-0.3, -0.25) is 4.79 Å². The lowest BCUT2D eigenvalue weighted by molar-refractivity contribution is -0.358. The zero-order chi connectivity index (χ0) is 38.6. The third-order valence-electron chi connectivity index (χ3n) is 20.1. The summed E-state index contributed by atoms with van der Waals surface area (Å²) in [4.78, 5) is 13.0. The minimum atomic E-state index is -1.17. The Balaban J connectivity index is 1.24. The van der Waals surface area contributed by atoms with Crippen LogP contribution in [0.3, 0.4) is 0 Å². The molecule has 6 heteroatoms. The molecule has 1 spiro atoms. The maximum atomic E-state index is 13.0. The Kier molecular flexibility index (Phi) is 9.68. The summed E-state index contributed by atoms with van der Waals surface area (Å²) in [6.45, 7) is 15.4. The number of carbonyl (C=O) groups is 1. The van der Waals surface area contributed by atoms with Crippen molar-refractivity contribution in [3.63, 3.8) is 0 Å². The number of carboxylic acid groups (broad SMARTS) is 1. The number of aliphatic hydroxyl groups excluding tert-OH is 1. The van der Waals surface area contributed by atoms with E-state index in [1.54, 1.807) is 7.11 Å². The van der Waals surface area contributed by atoms with Gasteiger partial charge in [-0.15, -0.1) is 0 Å². The largest absolute Gasteiger partial charge is 0.481 e. The van der Waals surface area contributed by atoms with E-state index in [4.69, 9.17) is 9.47 Å². The van der Waals surface area contributed by atoms with Crippen LogP contribution in [0.2, 0.25) is 0 Å². The second kappa shape index (κ2) is 13.3. The number of rotatable bonds is 12. The van der Waals surface area contributed by atoms with Crippen molar-refractivity contribution in [1.29, 1.82) is 0 Å². The van der Waals surface area contributed by atoms with E-state index in [-0.39, 0.29) is 57.0 Å². The predicted molar refractivity (Wildman–Crippen MR) is 213 cm³/mol. The molecule has 7 fully saturated rings. The van der Waals surface area contributed by atoms with E-state index < -0.39 is 17.2 Å². The van der Waals surface area contributed by atoms with Crippen molar-refractivity contribution in [1.82, 2.24) is 0 Å². The highest BCUT2D eigenvalue weighted by Gasteiger charge is 2.85. The molecule has 1 heterocycles. The van der Waals surface area contributed by atoms with E-state index >= 15 is 0 Å². The Hall–Kier alpha value is -1.47. The van der Waals surface area contributed by atoms with Crippen molar-refractivity contribution >= 4 is 5.97 Å².